The number of carbonyl (C=O) groups is 1. The standard InChI is InChI=1S/C20H29N5O/c1-6-24(7-2)16-10-11-17(15(5)14-16)21-20(26)18-12-13-19(23-22-18)25(8-3)9-4/h10-14H,6-9H2,1-5H3,(H,21,26). The molecule has 2 aromatic rings. The fourth-order valence-electron chi connectivity index (χ4n) is 2.92. The molecule has 1 amide bonds. The average molecular weight is 355 g/mol. The first-order chi connectivity index (χ1) is 12.5. The maximum absolute atomic E-state index is 12.5. The van der Waals surface area contributed by atoms with E-state index in [1.165, 1.54) is 0 Å². The summed E-state index contributed by atoms with van der Waals surface area (Å²) in [6.07, 6.45) is 0. The zero-order valence-corrected chi connectivity index (χ0v) is 16.4. The molecule has 1 heterocycles. The van der Waals surface area contributed by atoms with Crippen LogP contribution < -0.4 is 15.1 Å². The molecule has 6 nitrogen and oxygen atoms in total. The Hall–Kier alpha value is -2.63. The van der Waals surface area contributed by atoms with E-state index in [-0.39, 0.29) is 5.91 Å². The third kappa shape index (κ3) is 4.50. The van der Waals surface area contributed by atoms with Crippen LogP contribution in [0.15, 0.2) is 30.3 Å². The second-order valence-electron chi connectivity index (χ2n) is 6.07. The van der Waals surface area contributed by atoms with Gasteiger partial charge in [0.2, 0.25) is 0 Å². The molecule has 0 aliphatic heterocycles. The lowest BCUT2D eigenvalue weighted by atomic mass is 10.1. The molecule has 0 atom stereocenters. The van der Waals surface area contributed by atoms with Gasteiger partial charge in [0.1, 0.15) is 0 Å². The zero-order valence-electron chi connectivity index (χ0n) is 16.4. The van der Waals surface area contributed by atoms with Crippen molar-refractivity contribution in [1.29, 1.82) is 0 Å². The first-order valence-corrected chi connectivity index (χ1v) is 9.29. The number of anilines is 3. The highest BCUT2D eigenvalue weighted by molar-refractivity contribution is 6.03. The number of hydrogen-bond acceptors (Lipinski definition) is 5. The molecular weight excluding hydrogens is 326 g/mol. The number of aromatic nitrogens is 2. The maximum atomic E-state index is 12.5. The lowest BCUT2D eigenvalue weighted by Crippen LogP contribution is -2.24. The van der Waals surface area contributed by atoms with E-state index in [0.717, 1.165) is 48.9 Å². The Labute approximate surface area is 156 Å². The van der Waals surface area contributed by atoms with Crippen LogP contribution in [0.1, 0.15) is 43.7 Å². The quantitative estimate of drug-likeness (QED) is 0.782. The van der Waals surface area contributed by atoms with Gasteiger partial charge in [0, 0.05) is 37.6 Å². The number of carbonyl (C=O) groups excluding carboxylic acids is 1. The first-order valence-electron chi connectivity index (χ1n) is 9.29. The summed E-state index contributed by atoms with van der Waals surface area (Å²) in [4.78, 5) is 16.8. The predicted molar refractivity (Wildman–Crippen MR) is 108 cm³/mol. The van der Waals surface area contributed by atoms with Crippen molar-refractivity contribution in [2.45, 2.75) is 34.6 Å². The van der Waals surface area contributed by atoms with Crippen LogP contribution in [0.5, 0.6) is 0 Å². The SMILES string of the molecule is CCN(CC)c1ccc(NC(=O)c2ccc(N(CC)CC)nn2)c(C)c1. The van der Waals surface area contributed by atoms with E-state index in [9.17, 15) is 4.79 Å². The van der Waals surface area contributed by atoms with Crippen molar-refractivity contribution < 1.29 is 4.79 Å². The second-order valence-corrected chi connectivity index (χ2v) is 6.07. The van der Waals surface area contributed by atoms with Crippen molar-refractivity contribution in [3.8, 4) is 0 Å². The summed E-state index contributed by atoms with van der Waals surface area (Å²) in [7, 11) is 0. The van der Waals surface area contributed by atoms with Gasteiger partial charge in [-0.15, -0.1) is 10.2 Å². The van der Waals surface area contributed by atoms with Gasteiger partial charge in [-0.05, 0) is 70.5 Å². The minimum Gasteiger partial charge on any atom is -0.372 e. The molecule has 0 saturated heterocycles. The fraction of sp³-hybridized carbons (Fsp3) is 0.450. The van der Waals surface area contributed by atoms with E-state index in [1.54, 1.807) is 6.07 Å². The molecule has 0 fully saturated rings. The van der Waals surface area contributed by atoms with E-state index >= 15 is 0 Å². The molecule has 0 bridgehead atoms. The molecule has 1 aromatic carbocycles. The van der Waals surface area contributed by atoms with Gasteiger partial charge in [0.25, 0.3) is 5.91 Å². The molecule has 0 radical (unpaired) electrons. The Morgan fingerprint density at radius 1 is 0.923 bits per heavy atom. The topological polar surface area (TPSA) is 61.4 Å². The van der Waals surface area contributed by atoms with Gasteiger partial charge in [0.05, 0.1) is 0 Å². The number of rotatable bonds is 8. The number of aryl methyl sites for hydroxylation is 1. The molecule has 2 rings (SSSR count). The Morgan fingerprint density at radius 3 is 2.08 bits per heavy atom. The van der Waals surface area contributed by atoms with Crippen LogP contribution >= 0.6 is 0 Å². The number of benzene rings is 1. The van der Waals surface area contributed by atoms with Gasteiger partial charge in [0.15, 0.2) is 11.5 Å². The number of nitrogens with one attached hydrogen (secondary N) is 1. The smallest absolute Gasteiger partial charge is 0.276 e. The third-order valence-corrected chi connectivity index (χ3v) is 4.56. The van der Waals surface area contributed by atoms with Gasteiger partial charge >= 0.3 is 0 Å². The van der Waals surface area contributed by atoms with Crippen LogP contribution in [0, 0.1) is 6.92 Å². The third-order valence-electron chi connectivity index (χ3n) is 4.56. The van der Waals surface area contributed by atoms with Crippen LogP contribution in [0.25, 0.3) is 0 Å². The van der Waals surface area contributed by atoms with E-state index in [4.69, 9.17) is 0 Å². The Balaban J connectivity index is 2.12. The van der Waals surface area contributed by atoms with Crippen LogP contribution in [-0.4, -0.2) is 42.3 Å². The van der Waals surface area contributed by atoms with Crippen molar-refractivity contribution in [1.82, 2.24) is 10.2 Å². The predicted octanol–water partition coefficient (Wildman–Crippen LogP) is 3.73. The molecule has 26 heavy (non-hydrogen) atoms. The number of hydrogen-bond donors (Lipinski definition) is 1. The van der Waals surface area contributed by atoms with Gasteiger partial charge < -0.3 is 15.1 Å². The molecule has 1 N–H and O–H groups in total. The summed E-state index contributed by atoms with van der Waals surface area (Å²) in [6.45, 7) is 14.0. The molecule has 6 heteroatoms. The Kier molecular flexibility index (Phi) is 6.95. The summed E-state index contributed by atoms with van der Waals surface area (Å²) >= 11 is 0. The molecular formula is C20H29N5O. The lowest BCUT2D eigenvalue weighted by Gasteiger charge is -2.22. The van der Waals surface area contributed by atoms with Crippen LogP contribution in [-0.2, 0) is 0 Å². The van der Waals surface area contributed by atoms with Gasteiger partial charge in [-0.1, -0.05) is 0 Å². The highest BCUT2D eigenvalue weighted by Gasteiger charge is 2.12. The normalized spacial score (nSPS) is 10.5. The number of nitrogens with zero attached hydrogens (tertiary/aromatic N) is 4. The van der Waals surface area contributed by atoms with Crippen molar-refractivity contribution in [3.63, 3.8) is 0 Å². The van der Waals surface area contributed by atoms with E-state index in [1.807, 2.05) is 25.1 Å². The van der Waals surface area contributed by atoms with Gasteiger partial charge in [-0.3, -0.25) is 4.79 Å². The zero-order chi connectivity index (χ0) is 19.1. The maximum Gasteiger partial charge on any atom is 0.276 e. The van der Waals surface area contributed by atoms with Crippen molar-refractivity contribution in [3.05, 3.63) is 41.6 Å². The van der Waals surface area contributed by atoms with E-state index in [2.05, 4.69) is 59.1 Å². The second kappa shape index (κ2) is 9.17. The molecule has 140 valence electrons. The van der Waals surface area contributed by atoms with Crippen molar-refractivity contribution >= 4 is 23.1 Å². The fourth-order valence-corrected chi connectivity index (χ4v) is 2.92. The van der Waals surface area contributed by atoms with Gasteiger partial charge in [-0.25, -0.2) is 0 Å². The summed E-state index contributed by atoms with van der Waals surface area (Å²) in [5.41, 5.74) is 3.29. The summed E-state index contributed by atoms with van der Waals surface area (Å²) in [6, 6.07) is 9.63. The highest BCUT2D eigenvalue weighted by atomic mass is 16.1. The minimum absolute atomic E-state index is 0.248. The first kappa shape index (κ1) is 19.7. The Bertz CT molecular complexity index is 721. The average Bonchev–Trinajstić information content (AvgIpc) is 2.66. The molecule has 0 aliphatic rings. The summed E-state index contributed by atoms with van der Waals surface area (Å²) in [5.74, 6) is 0.536. The number of amides is 1. The van der Waals surface area contributed by atoms with Gasteiger partial charge in [-0.2, -0.15) is 0 Å². The Morgan fingerprint density at radius 2 is 1.58 bits per heavy atom. The van der Waals surface area contributed by atoms with E-state index < -0.39 is 0 Å². The minimum atomic E-state index is -0.248. The summed E-state index contributed by atoms with van der Waals surface area (Å²) in [5, 5.41) is 11.2. The monoisotopic (exact) mass is 355 g/mol. The molecule has 1 aromatic heterocycles. The lowest BCUT2D eigenvalue weighted by molar-refractivity contribution is 0.102. The van der Waals surface area contributed by atoms with Crippen LogP contribution in [0.4, 0.5) is 17.2 Å². The van der Waals surface area contributed by atoms with E-state index in [0.29, 0.717) is 5.69 Å². The summed E-state index contributed by atoms with van der Waals surface area (Å²) < 4.78 is 0. The molecule has 0 aliphatic carbocycles. The van der Waals surface area contributed by atoms with Crippen molar-refractivity contribution in [2.75, 3.05) is 41.3 Å². The molecule has 0 unspecified atom stereocenters. The van der Waals surface area contributed by atoms with Crippen LogP contribution in [0.3, 0.4) is 0 Å². The largest absolute Gasteiger partial charge is 0.372 e. The van der Waals surface area contributed by atoms with Crippen LogP contribution in [0.2, 0.25) is 0 Å². The highest BCUT2D eigenvalue weighted by Crippen LogP contribution is 2.23. The molecule has 0 saturated carbocycles. The molecule has 0 spiro atoms. The van der Waals surface area contributed by atoms with Crippen molar-refractivity contribution in [2.24, 2.45) is 0 Å².